The summed E-state index contributed by atoms with van der Waals surface area (Å²) in [5, 5.41) is 0.411. The van der Waals surface area contributed by atoms with Crippen LogP contribution in [-0.4, -0.2) is 11.7 Å². The van der Waals surface area contributed by atoms with Crippen molar-refractivity contribution in [2.24, 2.45) is 0 Å². The minimum Gasteiger partial charge on any atom is -0.299 e. The Morgan fingerprint density at radius 3 is 2.55 bits per heavy atom. The maximum Gasteiger partial charge on any atom is 0.299 e. The molecule has 0 aromatic heterocycles. The molecular formula is C15H9BrClNO2. The highest BCUT2D eigenvalue weighted by molar-refractivity contribution is 9.10. The van der Waals surface area contributed by atoms with Crippen LogP contribution in [0.4, 0.5) is 5.69 Å². The number of hydrogen-bond acceptors (Lipinski definition) is 2. The topological polar surface area (TPSA) is 37.4 Å². The Bertz CT molecular complexity index is 730. The molecule has 0 radical (unpaired) electrons. The van der Waals surface area contributed by atoms with Crippen LogP contribution < -0.4 is 4.90 Å². The maximum absolute atomic E-state index is 12.1. The molecule has 1 aliphatic rings. The van der Waals surface area contributed by atoms with Crippen molar-refractivity contribution >= 4 is 44.9 Å². The van der Waals surface area contributed by atoms with Crippen molar-refractivity contribution in [2.45, 2.75) is 6.54 Å². The fourth-order valence-electron chi connectivity index (χ4n) is 2.26. The summed E-state index contributed by atoms with van der Waals surface area (Å²) in [5.74, 6) is -1.04. The van der Waals surface area contributed by atoms with Gasteiger partial charge in [-0.2, -0.15) is 0 Å². The van der Waals surface area contributed by atoms with Crippen molar-refractivity contribution in [3.63, 3.8) is 0 Å². The smallest absolute Gasteiger partial charge is 0.299 e. The summed E-state index contributed by atoms with van der Waals surface area (Å²) in [6, 6.07) is 12.6. The first-order valence-corrected chi connectivity index (χ1v) is 7.15. The lowest BCUT2D eigenvalue weighted by molar-refractivity contribution is -0.114. The third-order valence-corrected chi connectivity index (χ3v) is 4.31. The van der Waals surface area contributed by atoms with Crippen molar-refractivity contribution in [1.29, 1.82) is 0 Å². The first kappa shape index (κ1) is 13.3. The first-order chi connectivity index (χ1) is 9.59. The minimum absolute atomic E-state index is 0.308. The largest absolute Gasteiger partial charge is 0.299 e. The average Bonchev–Trinajstić information content (AvgIpc) is 2.68. The molecule has 2 aromatic rings. The van der Waals surface area contributed by atoms with Crippen LogP contribution >= 0.6 is 27.5 Å². The Morgan fingerprint density at radius 1 is 1.05 bits per heavy atom. The first-order valence-electron chi connectivity index (χ1n) is 5.97. The fourth-order valence-corrected chi connectivity index (χ4v) is 2.95. The second kappa shape index (κ2) is 5.04. The highest BCUT2D eigenvalue weighted by atomic mass is 79.9. The van der Waals surface area contributed by atoms with Crippen LogP contribution in [0.3, 0.4) is 0 Å². The maximum atomic E-state index is 12.1. The van der Waals surface area contributed by atoms with Gasteiger partial charge in [0.15, 0.2) is 0 Å². The van der Waals surface area contributed by atoms with Gasteiger partial charge >= 0.3 is 0 Å². The lowest BCUT2D eigenvalue weighted by Crippen LogP contribution is -2.29. The quantitative estimate of drug-likeness (QED) is 0.772. The Balaban J connectivity index is 2.06. The number of amides is 1. The Morgan fingerprint density at radius 2 is 1.80 bits per heavy atom. The summed E-state index contributed by atoms with van der Waals surface area (Å²) in [6.07, 6.45) is 0. The number of Topliss-reactive ketones (excluding diaryl/α,β-unsaturated/α-hetero) is 1. The molecule has 20 heavy (non-hydrogen) atoms. The van der Waals surface area contributed by atoms with Gasteiger partial charge in [0.1, 0.15) is 0 Å². The standard InChI is InChI=1S/C15H9BrClNO2/c16-11-6-2-1-4-9(11)8-18-13-10(14(19)15(18)20)5-3-7-12(13)17/h1-7H,8H2. The highest BCUT2D eigenvalue weighted by Crippen LogP contribution is 2.37. The van der Waals surface area contributed by atoms with Gasteiger partial charge in [0.25, 0.3) is 11.7 Å². The lowest BCUT2D eigenvalue weighted by Gasteiger charge is -2.18. The van der Waals surface area contributed by atoms with Gasteiger partial charge in [0.2, 0.25) is 0 Å². The predicted octanol–water partition coefficient (Wildman–Crippen LogP) is 3.83. The monoisotopic (exact) mass is 349 g/mol. The van der Waals surface area contributed by atoms with E-state index in [9.17, 15) is 9.59 Å². The average molecular weight is 351 g/mol. The van der Waals surface area contributed by atoms with Gasteiger partial charge in [0, 0.05) is 4.47 Å². The molecule has 0 atom stereocenters. The Hall–Kier alpha value is -1.65. The third-order valence-electron chi connectivity index (χ3n) is 3.23. The number of rotatable bonds is 2. The van der Waals surface area contributed by atoms with Gasteiger partial charge in [-0.25, -0.2) is 0 Å². The van der Waals surface area contributed by atoms with Gasteiger partial charge < -0.3 is 0 Å². The van der Waals surface area contributed by atoms with Crippen LogP contribution in [0, 0.1) is 0 Å². The van der Waals surface area contributed by atoms with E-state index in [1.165, 1.54) is 4.90 Å². The van der Waals surface area contributed by atoms with E-state index in [4.69, 9.17) is 11.6 Å². The molecule has 3 nitrogen and oxygen atoms in total. The number of benzene rings is 2. The van der Waals surface area contributed by atoms with E-state index in [0.29, 0.717) is 22.8 Å². The summed E-state index contributed by atoms with van der Waals surface area (Å²) in [7, 11) is 0. The molecule has 5 heteroatoms. The Labute approximate surface area is 129 Å². The van der Waals surface area contributed by atoms with Crippen molar-refractivity contribution in [1.82, 2.24) is 0 Å². The molecule has 0 saturated heterocycles. The summed E-state index contributed by atoms with van der Waals surface area (Å²) in [5.41, 5.74) is 1.79. The zero-order chi connectivity index (χ0) is 14.3. The Kier molecular flexibility index (Phi) is 3.36. The van der Waals surface area contributed by atoms with E-state index in [1.807, 2.05) is 24.3 Å². The second-order valence-corrected chi connectivity index (χ2v) is 5.71. The van der Waals surface area contributed by atoms with Gasteiger partial charge in [0.05, 0.1) is 22.8 Å². The van der Waals surface area contributed by atoms with Gasteiger partial charge in [-0.05, 0) is 23.8 Å². The molecule has 3 rings (SSSR count). The van der Waals surface area contributed by atoms with Crippen molar-refractivity contribution in [3.8, 4) is 0 Å². The van der Waals surface area contributed by atoms with Crippen LogP contribution in [0.5, 0.6) is 0 Å². The number of halogens is 2. The van der Waals surface area contributed by atoms with Crippen molar-refractivity contribution < 1.29 is 9.59 Å². The van der Waals surface area contributed by atoms with Crippen LogP contribution in [0.25, 0.3) is 0 Å². The zero-order valence-electron chi connectivity index (χ0n) is 10.3. The van der Waals surface area contributed by atoms with E-state index in [1.54, 1.807) is 18.2 Å². The molecule has 1 amide bonds. The summed E-state index contributed by atoms with van der Waals surface area (Å²) < 4.78 is 0.890. The SMILES string of the molecule is O=C1C(=O)N(Cc2ccccc2Br)c2c(Cl)cccc21. The van der Waals surface area contributed by atoms with E-state index in [2.05, 4.69) is 15.9 Å². The van der Waals surface area contributed by atoms with Crippen molar-refractivity contribution in [2.75, 3.05) is 4.90 Å². The molecule has 0 unspecified atom stereocenters. The zero-order valence-corrected chi connectivity index (χ0v) is 12.6. The molecule has 0 N–H and O–H groups in total. The number of fused-ring (bicyclic) bond motifs is 1. The number of ketones is 1. The number of nitrogens with zero attached hydrogens (tertiary/aromatic N) is 1. The number of anilines is 1. The number of para-hydroxylation sites is 1. The predicted molar refractivity (Wildman–Crippen MR) is 81.1 cm³/mol. The van der Waals surface area contributed by atoms with E-state index >= 15 is 0 Å². The normalized spacial score (nSPS) is 13.8. The number of carbonyl (C=O) groups excluding carboxylic acids is 2. The van der Waals surface area contributed by atoms with Crippen LogP contribution in [0.15, 0.2) is 46.9 Å². The molecule has 0 spiro atoms. The van der Waals surface area contributed by atoms with Crippen LogP contribution in [0.1, 0.15) is 15.9 Å². The highest BCUT2D eigenvalue weighted by Gasteiger charge is 2.37. The van der Waals surface area contributed by atoms with Crippen LogP contribution in [-0.2, 0) is 11.3 Å². The second-order valence-electron chi connectivity index (χ2n) is 4.45. The number of hydrogen-bond donors (Lipinski definition) is 0. The number of carbonyl (C=O) groups is 2. The van der Waals surface area contributed by atoms with E-state index in [-0.39, 0.29) is 0 Å². The van der Waals surface area contributed by atoms with E-state index < -0.39 is 11.7 Å². The van der Waals surface area contributed by atoms with Crippen molar-refractivity contribution in [3.05, 3.63) is 63.1 Å². The summed E-state index contributed by atoms with van der Waals surface area (Å²) >= 11 is 9.58. The molecule has 100 valence electrons. The fraction of sp³-hybridized carbons (Fsp3) is 0.0667. The van der Waals surface area contributed by atoms with E-state index in [0.717, 1.165) is 10.0 Å². The molecule has 0 fully saturated rings. The minimum atomic E-state index is -0.538. The molecule has 0 aliphatic carbocycles. The molecule has 2 aromatic carbocycles. The van der Waals surface area contributed by atoms with Crippen LogP contribution in [0.2, 0.25) is 5.02 Å². The molecule has 1 heterocycles. The molecular weight excluding hydrogens is 342 g/mol. The van der Waals surface area contributed by atoms with Gasteiger partial charge in [-0.1, -0.05) is 51.8 Å². The molecule has 1 aliphatic heterocycles. The molecule has 0 saturated carbocycles. The summed E-state index contributed by atoms with van der Waals surface area (Å²) in [6.45, 7) is 0.308. The third kappa shape index (κ3) is 2.05. The lowest BCUT2D eigenvalue weighted by atomic mass is 10.1. The van der Waals surface area contributed by atoms with Gasteiger partial charge in [-0.15, -0.1) is 0 Å². The molecule has 0 bridgehead atoms. The van der Waals surface area contributed by atoms with Gasteiger partial charge in [-0.3, -0.25) is 14.5 Å². The summed E-state index contributed by atoms with van der Waals surface area (Å²) in [4.78, 5) is 25.5.